The first kappa shape index (κ1) is 75.0. The number of hydrogen-bond donors (Lipinski definition) is 1. The van der Waals surface area contributed by atoms with E-state index in [1.54, 1.807) is 19.2 Å². The maximum Gasteiger partial charge on any atom is 0.161 e. The third-order valence-corrected chi connectivity index (χ3v) is 11.4. The molecular formula is C98H29FN2O2. The van der Waals surface area contributed by atoms with Crippen molar-refractivity contribution in [2.75, 3.05) is 13.7 Å². The van der Waals surface area contributed by atoms with Gasteiger partial charge in [-0.2, -0.15) is 0 Å². The zero-order chi connectivity index (χ0) is 72.6. The normalized spacial score (nSPS) is 8.22. The Morgan fingerprint density at radius 3 is 1.01 bits per heavy atom. The Morgan fingerprint density at radius 1 is 0.398 bits per heavy atom. The Hall–Kier alpha value is -18.7. The second kappa shape index (κ2) is 50.9. The van der Waals surface area contributed by atoms with Gasteiger partial charge in [0.05, 0.1) is 7.11 Å². The predicted octanol–water partition coefficient (Wildman–Crippen LogP) is 6.22. The lowest BCUT2D eigenvalue weighted by Crippen LogP contribution is -2.39. The lowest BCUT2D eigenvalue weighted by atomic mass is 9.85. The maximum atomic E-state index is 14.3. The lowest BCUT2D eigenvalue weighted by Gasteiger charge is -2.40. The van der Waals surface area contributed by atoms with E-state index in [1.807, 2.05) is 13.0 Å². The Balaban J connectivity index is 0.000000470. The number of nitrogens with zero attached hydrogens (tertiary/aromatic N) is 1. The number of aromatic amines is 1. The number of H-pyrrole nitrogens is 1. The molecule has 1 atom stereocenters. The molecule has 103 heavy (non-hydrogen) atoms. The Labute approximate surface area is 604 Å². The number of methoxy groups -OCH3 is 1. The van der Waals surface area contributed by atoms with E-state index in [1.165, 1.54) is 33.3 Å². The van der Waals surface area contributed by atoms with Crippen LogP contribution in [-0.2, 0) is 26.0 Å². The molecule has 1 aromatic heterocycles. The molecule has 0 aliphatic carbocycles. The van der Waals surface area contributed by atoms with Crippen molar-refractivity contribution in [3.63, 3.8) is 0 Å². The van der Waals surface area contributed by atoms with Gasteiger partial charge >= 0.3 is 0 Å². The number of rotatable bonds is 4. The maximum absolute atomic E-state index is 14.3. The zero-order valence-electron chi connectivity index (χ0n) is 54.1. The van der Waals surface area contributed by atoms with Crippen LogP contribution in [0.4, 0.5) is 4.39 Å². The van der Waals surface area contributed by atoms with Crippen molar-refractivity contribution >= 4 is 10.9 Å². The number of fused-ring (bicyclic) bond motifs is 6. The van der Waals surface area contributed by atoms with Gasteiger partial charge in [0, 0.05) is 349 Å². The number of aryl methyl sites for hydroxylation is 1. The molecule has 0 spiro atoms. The van der Waals surface area contributed by atoms with E-state index < -0.39 is 0 Å². The van der Waals surface area contributed by atoms with E-state index in [4.69, 9.17) is 22.3 Å². The van der Waals surface area contributed by atoms with Crippen LogP contribution in [0.5, 0.6) is 11.5 Å². The molecule has 4 nitrogen and oxygen atoms in total. The van der Waals surface area contributed by atoms with E-state index >= 15 is 0 Å². The van der Waals surface area contributed by atoms with E-state index in [0.717, 1.165) is 31.5 Å². The number of hydrogen-bond acceptors (Lipinski definition) is 3. The van der Waals surface area contributed by atoms with Crippen molar-refractivity contribution in [2.24, 2.45) is 0 Å². The summed E-state index contributed by atoms with van der Waals surface area (Å²) in [6.07, 6.45) is 11.8. The first-order chi connectivity index (χ1) is 51.0. The molecule has 1 N–H and O–H groups in total. The number of benzene rings is 3. The molecule has 1 unspecified atom stereocenters. The molecule has 0 saturated heterocycles. The van der Waals surface area contributed by atoms with Crippen molar-refractivity contribution in [3.8, 4) is 427 Å². The molecular weight excluding hydrogens is 1260 g/mol. The number of aromatic nitrogens is 1. The molecule has 0 fully saturated rings. The lowest BCUT2D eigenvalue weighted by molar-refractivity contribution is 0.158. The van der Waals surface area contributed by atoms with Gasteiger partial charge in [0.2, 0.25) is 0 Å². The predicted molar refractivity (Wildman–Crippen MR) is 402 cm³/mol. The summed E-state index contributed by atoms with van der Waals surface area (Å²) in [5, 5.41) is 1.33. The average molecular weight is 1290 g/mol. The van der Waals surface area contributed by atoms with E-state index in [-0.39, 0.29) is 12.4 Å². The average Bonchev–Trinajstić information content (AvgIpc) is 1.70. The van der Waals surface area contributed by atoms with Crippen molar-refractivity contribution in [1.82, 2.24) is 9.88 Å². The van der Waals surface area contributed by atoms with Crippen LogP contribution < -0.4 is 9.47 Å². The molecule has 0 bridgehead atoms. The fourth-order valence-corrected chi connectivity index (χ4v) is 7.48. The molecule has 2 aliphatic rings. The van der Waals surface area contributed by atoms with Crippen molar-refractivity contribution in [1.29, 1.82) is 0 Å². The number of halogens is 1. The highest BCUT2D eigenvalue weighted by molar-refractivity contribution is 5.85. The number of para-hydroxylation sites is 1. The molecule has 6 rings (SSSR count). The monoisotopic (exact) mass is 1280 g/mol. The summed E-state index contributed by atoms with van der Waals surface area (Å²) in [4.78, 5) is 6.19. The van der Waals surface area contributed by atoms with Gasteiger partial charge in [-0.1, -0.05) is 30.3 Å². The summed E-state index contributed by atoms with van der Waals surface area (Å²) in [5.41, 5.74) is 8.02. The topological polar surface area (TPSA) is 37.5 Å². The largest absolute Gasteiger partial charge is 0.493 e. The minimum absolute atomic E-state index is 0.176. The van der Waals surface area contributed by atoms with Crippen LogP contribution in [0.25, 0.3) is 10.9 Å². The van der Waals surface area contributed by atoms with Gasteiger partial charge in [-0.15, -0.1) is 12.8 Å². The SMILES string of the molecule is C#CC#CC#CC#CC#CC#CC#CC#CC#CC#CC#CC#CC#CC#CC#CC#CC#CC#CC#CC#CC#CC#CC#CC#CC#CC#CC#CC#CC#CC#CC#CC#CC#CC#CC#C.COc1cc2c(cc1OCc1ccc(C)cc1F)CCN1Cc3[nH]c4ccccc4c3CC21. The minimum atomic E-state index is -0.237. The molecule has 0 amide bonds. The van der Waals surface area contributed by atoms with E-state index in [2.05, 4.69) is 449 Å². The van der Waals surface area contributed by atoms with Gasteiger partial charge in [0.1, 0.15) is 12.4 Å². The van der Waals surface area contributed by atoms with Crippen LogP contribution in [0.3, 0.4) is 0 Å². The van der Waals surface area contributed by atoms with Crippen molar-refractivity contribution in [2.45, 2.75) is 39.0 Å². The summed E-state index contributed by atoms with van der Waals surface area (Å²) in [6.45, 7) is 4.00. The van der Waals surface area contributed by atoms with Crippen LogP contribution in [0.2, 0.25) is 0 Å². The zero-order valence-corrected chi connectivity index (χ0v) is 54.1. The second-order valence-electron chi connectivity index (χ2n) is 17.7. The molecule has 0 saturated carbocycles. The third-order valence-electron chi connectivity index (χ3n) is 11.4. The molecule has 3 heterocycles. The van der Waals surface area contributed by atoms with Gasteiger partial charge in [-0.3, -0.25) is 4.90 Å². The molecule has 3 aromatic carbocycles. The van der Waals surface area contributed by atoms with Crippen LogP contribution in [-0.4, -0.2) is 23.5 Å². The first-order valence-corrected chi connectivity index (χ1v) is 28.8. The Kier molecular flexibility index (Phi) is 37.1. The standard InChI is InChI=1S/C70H2.C28H27FN2O2/c1-3-5-7-9-11-13-15-17-19-21-23-25-27-29-31-33-35-37-39-41-43-45-47-49-51-53-55-57-59-61-63-65-67-69-70-68-66-64-62-60-58-56-54-52-50-48-46-44-42-40-38-36-34-32-30-28-26-24-22-20-18-16-14-12-10-8-6-4-2;1-17-7-8-19(23(29)11-17)16-33-28-12-18-9-10-31-15-25-22(20-5-3-4-6-24(20)30-25)13-26(31)21(18)14-27(28)32-2/h1-2H;3-8,11-12,14,26,30H,9-10,13,15-16H2,1-2H3. The van der Waals surface area contributed by atoms with Crippen LogP contribution >= 0.6 is 0 Å². The van der Waals surface area contributed by atoms with Gasteiger partial charge in [-0.05, 0) is 161 Å². The summed E-state index contributed by atoms with van der Waals surface area (Å²) in [6, 6.07) is 18.3. The van der Waals surface area contributed by atoms with Gasteiger partial charge < -0.3 is 14.5 Å². The fraction of sp³-hybridized carbons (Fsp3) is 0.0816. The van der Waals surface area contributed by atoms with E-state index in [9.17, 15) is 4.39 Å². The first-order valence-electron chi connectivity index (χ1n) is 28.8. The summed E-state index contributed by atoms with van der Waals surface area (Å²) in [7, 11) is 1.67. The summed E-state index contributed by atoms with van der Waals surface area (Å²) >= 11 is 0. The highest BCUT2D eigenvalue weighted by Gasteiger charge is 2.34. The third kappa shape index (κ3) is 33.4. The molecule has 4 aromatic rings. The minimum Gasteiger partial charge on any atom is -0.493 e. The number of nitrogens with one attached hydrogen (secondary N) is 1. The second-order valence-corrected chi connectivity index (χ2v) is 17.7. The molecule has 450 valence electrons. The number of terminal acetylenes is 2. The van der Waals surface area contributed by atoms with Crippen LogP contribution in [0.15, 0.2) is 54.6 Å². The van der Waals surface area contributed by atoms with Crippen LogP contribution in [0.1, 0.15) is 39.6 Å². The van der Waals surface area contributed by atoms with Crippen molar-refractivity contribution in [3.05, 3.63) is 93.9 Å². The van der Waals surface area contributed by atoms with Gasteiger partial charge in [0.15, 0.2) is 11.5 Å². The smallest absolute Gasteiger partial charge is 0.161 e. The summed E-state index contributed by atoms with van der Waals surface area (Å²) < 4.78 is 26.0. The molecule has 2 aliphatic heterocycles. The highest BCUT2D eigenvalue weighted by atomic mass is 19.1. The summed E-state index contributed by atoms with van der Waals surface area (Å²) in [5.74, 6) is 169. The molecule has 0 radical (unpaired) electrons. The van der Waals surface area contributed by atoms with Gasteiger partial charge in [0.25, 0.3) is 0 Å². The van der Waals surface area contributed by atoms with Gasteiger partial charge in [-0.25, -0.2) is 4.39 Å². The highest BCUT2D eigenvalue weighted by Crippen LogP contribution is 2.44. The quantitative estimate of drug-likeness (QED) is 0.247. The van der Waals surface area contributed by atoms with Crippen molar-refractivity contribution < 1.29 is 13.9 Å². The number of ether oxygens (including phenoxy) is 2. The van der Waals surface area contributed by atoms with E-state index in [0.29, 0.717) is 23.1 Å². The Bertz CT molecular complexity index is 6360. The van der Waals surface area contributed by atoms with Crippen LogP contribution in [0, 0.1) is 428 Å². The fourth-order valence-electron chi connectivity index (χ4n) is 7.48. The molecule has 5 heteroatoms. The Morgan fingerprint density at radius 2 is 0.709 bits per heavy atom.